The van der Waals surface area contributed by atoms with Crippen molar-refractivity contribution < 1.29 is 15.0 Å². The van der Waals surface area contributed by atoms with Crippen molar-refractivity contribution in [2.45, 2.75) is 12.5 Å². The number of nitrogens with zero attached hydrogens (tertiary/aromatic N) is 2. The quantitative estimate of drug-likeness (QED) is 0.553. The molecule has 0 amide bonds. The lowest BCUT2D eigenvalue weighted by atomic mass is 10.0. The number of hydrogen-bond donors (Lipinski definition) is 4. The number of carboxylic acid groups (broad SMARTS) is 1. The minimum absolute atomic E-state index is 0.141. The van der Waals surface area contributed by atoms with Crippen LogP contribution in [0.3, 0.4) is 0 Å². The third-order valence-corrected chi connectivity index (χ3v) is 3.93. The van der Waals surface area contributed by atoms with Gasteiger partial charge in [0.15, 0.2) is 0 Å². The maximum absolute atomic E-state index is 10.9. The second-order valence-electron chi connectivity index (χ2n) is 5.89. The highest BCUT2D eigenvalue weighted by atomic mass is 16.4. The van der Waals surface area contributed by atoms with Gasteiger partial charge in [-0.05, 0) is 42.3 Å². The topological polar surface area (TPSA) is 135 Å². The fourth-order valence-corrected chi connectivity index (χ4v) is 2.55. The summed E-state index contributed by atoms with van der Waals surface area (Å²) in [5.74, 6) is -0.718. The van der Waals surface area contributed by atoms with E-state index in [4.69, 9.17) is 16.6 Å². The van der Waals surface area contributed by atoms with Gasteiger partial charge in [0.05, 0.1) is 11.4 Å². The first-order valence-corrected chi connectivity index (χ1v) is 7.94. The van der Waals surface area contributed by atoms with Gasteiger partial charge in [0, 0.05) is 11.1 Å². The second-order valence-corrected chi connectivity index (χ2v) is 5.89. The summed E-state index contributed by atoms with van der Waals surface area (Å²) in [7, 11) is 0. The van der Waals surface area contributed by atoms with Gasteiger partial charge in [0.2, 0.25) is 5.95 Å². The van der Waals surface area contributed by atoms with Gasteiger partial charge < -0.3 is 21.7 Å². The van der Waals surface area contributed by atoms with E-state index in [0.717, 1.165) is 16.7 Å². The molecule has 1 aromatic heterocycles. The van der Waals surface area contributed by atoms with Crippen LogP contribution in [-0.2, 0) is 11.2 Å². The zero-order chi connectivity index (χ0) is 18.7. The molecule has 0 saturated carbocycles. The molecule has 0 saturated heterocycles. The third kappa shape index (κ3) is 3.96. The Balaban J connectivity index is 1.89. The number of phenolic OH excluding ortho intramolecular Hbond substituents is 1. The van der Waals surface area contributed by atoms with E-state index in [0.29, 0.717) is 11.4 Å². The maximum atomic E-state index is 10.9. The van der Waals surface area contributed by atoms with E-state index in [1.807, 2.05) is 24.3 Å². The average Bonchev–Trinajstić information content (AvgIpc) is 2.62. The number of aromatic hydroxyl groups is 1. The lowest BCUT2D eigenvalue weighted by Gasteiger charge is -2.09. The Hall–Kier alpha value is -3.45. The Morgan fingerprint density at radius 1 is 0.962 bits per heavy atom. The number of phenols is 1. The smallest absolute Gasteiger partial charge is 0.320 e. The highest BCUT2D eigenvalue weighted by molar-refractivity contribution is 5.74. The molecular weight excluding hydrogens is 332 g/mol. The monoisotopic (exact) mass is 350 g/mol. The number of anilines is 1. The van der Waals surface area contributed by atoms with E-state index in [1.165, 1.54) is 0 Å². The predicted molar refractivity (Wildman–Crippen MR) is 98.3 cm³/mol. The molecule has 3 rings (SSSR count). The van der Waals surface area contributed by atoms with Crippen LogP contribution in [-0.4, -0.2) is 32.2 Å². The molecule has 0 fully saturated rings. The maximum Gasteiger partial charge on any atom is 0.320 e. The van der Waals surface area contributed by atoms with Crippen molar-refractivity contribution in [3.8, 4) is 28.3 Å². The van der Waals surface area contributed by atoms with Crippen molar-refractivity contribution in [3.63, 3.8) is 0 Å². The number of nitrogen functional groups attached to an aromatic ring is 1. The minimum Gasteiger partial charge on any atom is -0.508 e. The largest absolute Gasteiger partial charge is 0.508 e. The lowest BCUT2D eigenvalue weighted by Crippen LogP contribution is -2.32. The summed E-state index contributed by atoms with van der Waals surface area (Å²) in [6.45, 7) is 0. The van der Waals surface area contributed by atoms with Gasteiger partial charge in [-0.25, -0.2) is 9.97 Å². The van der Waals surface area contributed by atoms with E-state index in [1.54, 1.807) is 30.3 Å². The highest BCUT2D eigenvalue weighted by Gasteiger charge is 2.12. The van der Waals surface area contributed by atoms with Gasteiger partial charge in [-0.3, -0.25) is 4.79 Å². The molecule has 0 spiro atoms. The van der Waals surface area contributed by atoms with Crippen LogP contribution in [0.25, 0.3) is 22.5 Å². The molecule has 7 nitrogen and oxygen atoms in total. The fourth-order valence-electron chi connectivity index (χ4n) is 2.55. The minimum atomic E-state index is -1.03. The molecule has 0 aliphatic rings. The van der Waals surface area contributed by atoms with Crippen LogP contribution in [0.4, 0.5) is 5.95 Å². The summed E-state index contributed by atoms with van der Waals surface area (Å²) in [5.41, 5.74) is 15.1. The zero-order valence-electron chi connectivity index (χ0n) is 13.8. The van der Waals surface area contributed by atoms with Gasteiger partial charge >= 0.3 is 5.97 Å². The van der Waals surface area contributed by atoms with Gasteiger partial charge in [-0.15, -0.1) is 0 Å². The molecule has 0 unspecified atom stereocenters. The van der Waals surface area contributed by atoms with Crippen LogP contribution in [0.2, 0.25) is 0 Å². The van der Waals surface area contributed by atoms with Crippen molar-refractivity contribution >= 4 is 11.9 Å². The molecule has 6 N–H and O–H groups in total. The Kier molecular flexibility index (Phi) is 4.81. The van der Waals surface area contributed by atoms with E-state index >= 15 is 0 Å². The van der Waals surface area contributed by atoms with Crippen molar-refractivity contribution in [1.82, 2.24) is 9.97 Å². The number of carbonyl (C=O) groups is 1. The SMILES string of the molecule is Nc1nc(-c2ccc(O)cc2)cc(-c2ccc(C[C@H](N)C(=O)O)cc2)n1. The van der Waals surface area contributed by atoms with Crippen molar-refractivity contribution in [2.24, 2.45) is 5.73 Å². The fraction of sp³-hybridized carbons (Fsp3) is 0.105. The lowest BCUT2D eigenvalue weighted by molar-refractivity contribution is -0.138. The van der Waals surface area contributed by atoms with Gasteiger partial charge in [0.25, 0.3) is 0 Å². The van der Waals surface area contributed by atoms with Crippen LogP contribution in [0.1, 0.15) is 5.56 Å². The van der Waals surface area contributed by atoms with Crippen LogP contribution in [0, 0.1) is 0 Å². The molecule has 0 aliphatic heterocycles. The molecule has 132 valence electrons. The molecule has 0 radical (unpaired) electrons. The van der Waals surface area contributed by atoms with Crippen LogP contribution >= 0.6 is 0 Å². The summed E-state index contributed by atoms with van der Waals surface area (Å²) in [6.07, 6.45) is 0.250. The standard InChI is InChI=1S/C19H18N4O3/c20-15(18(25)26)9-11-1-3-12(4-2-11)16-10-17(23-19(21)22-16)13-5-7-14(24)8-6-13/h1-8,10,15,24H,9,20H2,(H,25,26)(H2,21,22,23)/t15-/m0/s1. The van der Waals surface area contributed by atoms with Gasteiger partial charge in [-0.2, -0.15) is 0 Å². The number of nitrogens with two attached hydrogens (primary N) is 2. The highest BCUT2D eigenvalue weighted by Crippen LogP contribution is 2.26. The Morgan fingerprint density at radius 2 is 1.46 bits per heavy atom. The number of aromatic nitrogens is 2. The molecule has 0 aliphatic carbocycles. The van der Waals surface area contributed by atoms with E-state index in [2.05, 4.69) is 9.97 Å². The molecular formula is C19H18N4O3. The number of rotatable bonds is 5. The Bertz CT molecular complexity index is 925. The average molecular weight is 350 g/mol. The first-order valence-electron chi connectivity index (χ1n) is 7.94. The van der Waals surface area contributed by atoms with E-state index < -0.39 is 12.0 Å². The van der Waals surface area contributed by atoms with Crippen LogP contribution < -0.4 is 11.5 Å². The molecule has 1 atom stereocenters. The molecule has 26 heavy (non-hydrogen) atoms. The first-order chi connectivity index (χ1) is 12.4. The van der Waals surface area contributed by atoms with Crippen molar-refractivity contribution in [2.75, 3.05) is 5.73 Å². The normalized spacial score (nSPS) is 11.9. The zero-order valence-corrected chi connectivity index (χ0v) is 13.8. The Labute approximate surface area is 150 Å². The number of benzene rings is 2. The van der Waals surface area contributed by atoms with Crippen LogP contribution in [0.15, 0.2) is 54.6 Å². The van der Waals surface area contributed by atoms with Crippen LogP contribution in [0.5, 0.6) is 5.75 Å². The summed E-state index contributed by atoms with van der Waals surface area (Å²) >= 11 is 0. The van der Waals surface area contributed by atoms with E-state index in [-0.39, 0.29) is 18.1 Å². The Morgan fingerprint density at radius 3 is 1.96 bits per heavy atom. The summed E-state index contributed by atoms with van der Waals surface area (Å²) in [6, 6.07) is 14.8. The van der Waals surface area contributed by atoms with E-state index in [9.17, 15) is 9.90 Å². The molecule has 7 heteroatoms. The van der Waals surface area contributed by atoms with Gasteiger partial charge in [0.1, 0.15) is 11.8 Å². The predicted octanol–water partition coefficient (Wildman–Crippen LogP) is 2.05. The third-order valence-electron chi connectivity index (χ3n) is 3.93. The van der Waals surface area contributed by atoms with Gasteiger partial charge in [-0.1, -0.05) is 24.3 Å². The van der Waals surface area contributed by atoms with Crippen molar-refractivity contribution in [1.29, 1.82) is 0 Å². The number of aliphatic carboxylic acids is 1. The number of hydrogen-bond acceptors (Lipinski definition) is 6. The summed E-state index contributed by atoms with van der Waals surface area (Å²) < 4.78 is 0. The summed E-state index contributed by atoms with van der Waals surface area (Å²) in [4.78, 5) is 19.4. The second kappa shape index (κ2) is 7.20. The first kappa shape index (κ1) is 17.4. The molecule has 0 bridgehead atoms. The number of carboxylic acids is 1. The molecule has 3 aromatic rings. The molecule has 1 heterocycles. The molecule has 2 aromatic carbocycles. The summed E-state index contributed by atoms with van der Waals surface area (Å²) in [5, 5.41) is 18.3. The van der Waals surface area contributed by atoms with Crippen molar-refractivity contribution in [3.05, 3.63) is 60.2 Å².